The Labute approximate surface area is 103 Å². The Morgan fingerprint density at radius 2 is 2.18 bits per heavy atom. The zero-order chi connectivity index (χ0) is 11.8. The molecule has 0 saturated heterocycles. The van der Waals surface area contributed by atoms with Gasteiger partial charge < -0.3 is 10.5 Å². The van der Waals surface area contributed by atoms with E-state index in [0.29, 0.717) is 17.3 Å². The molecule has 0 spiro atoms. The zero-order valence-corrected chi connectivity index (χ0v) is 9.74. The minimum Gasteiger partial charge on any atom is -0.492 e. The highest BCUT2D eigenvalue weighted by Crippen LogP contribution is 2.39. The molecular weight excluding hydrogens is 238 g/mol. The van der Waals surface area contributed by atoms with Gasteiger partial charge in [0.25, 0.3) is 0 Å². The van der Waals surface area contributed by atoms with Crippen LogP contribution in [-0.2, 0) is 6.42 Å². The Balaban J connectivity index is 2.23. The molecule has 86 valence electrons. The molecule has 4 nitrogen and oxygen atoms in total. The van der Waals surface area contributed by atoms with E-state index in [0.717, 1.165) is 17.7 Å². The number of nitrogen functional groups attached to an aromatic ring is 1. The highest BCUT2D eigenvalue weighted by atomic mass is 35.5. The van der Waals surface area contributed by atoms with Gasteiger partial charge in [-0.1, -0.05) is 23.7 Å². The first-order valence-corrected chi connectivity index (χ1v) is 5.66. The van der Waals surface area contributed by atoms with Crippen LogP contribution in [-0.4, -0.2) is 16.6 Å². The SMILES string of the molecule is Nc1ncnc(-c2cccc3c2OCC3)c1Cl. The van der Waals surface area contributed by atoms with Gasteiger partial charge in [0.1, 0.15) is 22.9 Å². The molecule has 1 aromatic heterocycles. The van der Waals surface area contributed by atoms with Crippen molar-refractivity contribution in [3.63, 3.8) is 0 Å². The van der Waals surface area contributed by atoms with E-state index in [9.17, 15) is 0 Å². The molecule has 0 amide bonds. The van der Waals surface area contributed by atoms with E-state index in [1.165, 1.54) is 11.9 Å². The van der Waals surface area contributed by atoms with E-state index < -0.39 is 0 Å². The molecule has 0 radical (unpaired) electrons. The van der Waals surface area contributed by atoms with Crippen molar-refractivity contribution in [2.24, 2.45) is 0 Å². The van der Waals surface area contributed by atoms with Gasteiger partial charge in [0.2, 0.25) is 0 Å². The van der Waals surface area contributed by atoms with Crippen LogP contribution in [0.5, 0.6) is 5.75 Å². The standard InChI is InChI=1S/C12H10ClN3O/c13-9-10(15-6-16-12(9)14)8-3-1-2-7-4-5-17-11(7)8/h1-3,6H,4-5H2,(H2,14,15,16). The summed E-state index contributed by atoms with van der Waals surface area (Å²) in [6.45, 7) is 0.699. The number of aromatic nitrogens is 2. The van der Waals surface area contributed by atoms with E-state index >= 15 is 0 Å². The number of anilines is 1. The maximum absolute atomic E-state index is 6.12. The summed E-state index contributed by atoms with van der Waals surface area (Å²) in [4.78, 5) is 8.04. The van der Waals surface area contributed by atoms with E-state index in [1.54, 1.807) is 0 Å². The summed E-state index contributed by atoms with van der Waals surface area (Å²) in [5.74, 6) is 1.14. The Morgan fingerprint density at radius 3 is 3.06 bits per heavy atom. The van der Waals surface area contributed by atoms with Gasteiger partial charge in [-0.2, -0.15) is 0 Å². The highest BCUT2D eigenvalue weighted by molar-refractivity contribution is 6.35. The van der Waals surface area contributed by atoms with Crippen molar-refractivity contribution in [3.05, 3.63) is 35.1 Å². The van der Waals surface area contributed by atoms with Crippen LogP contribution in [0.15, 0.2) is 24.5 Å². The van der Waals surface area contributed by atoms with Crippen LogP contribution in [0.2, 0.25) is 5.02 Å². The zero-order valence-electron chi connectivity index (χ0n) is 8.98. The molecule has 0 saturated carbocycles. The quantitative estimate of drug-likeness (QED) is 0.840. The summed E-state index contributed by atoms with van der Waals surface area (Å²) in [7, 11) is 0. The van der Waals surface area contributed by atoms with Crippen LogP contribution >= 0.6 is 11.6 Å². The third kappa shape index (κ3) is 1.61. The average molecular weight is 248 g/mol. The number of halogens is 1. The molecule has 2 aromatic rings. The van der Waals surface area contributed by atoms with Crippen LogP contribution < -0.4 is 10.5 Å². The fourth-order valence-electron chi connectivity index (χ4n) is 1.97. The van der Waals surface area contributed by atoms with Crippen molar-refractivity contribution < 1.29 is 4.74 Å². The van der Waals surface area contributed by atoms with Crippen LogP contribution in [0.4, 0.5) is 5.82 Å². The largest absolute Gasteiger partial charge is 0.492 e. The molecule has 5 heteroatoms. The first kappa shape index (κ1) is 10.4. The van der Waals surface area contributed by atoms with Gasteiger partial charge in [-0.3, -0.25) is 0 Å². The maximum atomic E-state index is 6.12. The molecule has 0 atom stereocenters. The Bertz CT molecular complexity index is 586. The average Bonchev–Trinajstić information content (AvgIpc) is 2.81. The van der Waals surface area contributed by atoms with Crippen molar-refractivity contribution >= 4 is 17.4 Å². The third-order valence-electron chi connectivity index (χ3n) is 2.79. The second-order valence-electron chi connectivity index (χ2n) is 3.81. The summed E-state index contributed by atoms with van der Waals surface area (Å²) in [5, 5.41) is 0.372. The van der Waals surface area contributed by atoms with Gasteiger partial charge in [-0.05, 0) is 11.6 Å². The van der Waals surface area contributed by atoms with Crippen LogP contribution in [0, 0.1) is 0 Å². The Kier molecular flexibility index (Phi) is 2.37. The Morgan fingerprint density at radius 1 is 1.29 bits per heavy atom. The monoisotopic (exact) mass is 247 g/mol. The highest BCUT2D eigenvalue weighted by Gasteiger charge is 2.20. The molecule has 1 aliphatic rings. The lowest BCUT2D eigenvalue weighted by Gasteiger charge is -2.09. The minimum absolute atomic E-state index is 0.285. The number of rotatable bonds is 1. The number of fused-ring (bicyclic) bond motifs is 1. The molecular formula is C12H10ClN3O. The number of nitrogens with zero attached hydrogens (tertiary/aromatic N) is 2. The lowest BCUT2D eigenvalue weighted by atomic mass is 10.1. The first-order valence-electron chi connectivity index (χ1n) is 5.28. The molecule has 2 heterocycles. The molecule has 1 aromatic carbocycles. The number of ether oxygens (including phenoxy) is 1. The van der Waals surface area contributed by atoms with E-state index in [1.807, 2.05) is 18.2 Å². The van der Waals surface area contributed by atoms with Gasteiger partial charge in [0.15, 0.2) is 0 Å². The number of hydrogen-bond donors (Lipinski definition) is 1. The summed E-state index contributed by atoms with van der Waals surface area (Å²) in [6.07, 6.45) is 2.33. The van der Waals surface area contributed by atoms with Crippen molar-refractivity contribution in [1.82, 2.24) is 9.97 Å². The van der Waals surface area contributed by atoms with Gasteiger partial charge in [-0.25, -0.2) is 9.97 Å². The number of benzene rings is 1. The van der Waals surface area contributed by atoms with E-state index in [-0.39, 0.29) is 5.82 Å². The number of hydrogen-bond acceptors (Lipinski definition) is 4. The number of nitrogens with two attached hydrogens (primary N) is 1. The predicted molar refractivity (Wildman–Crippen MR) is 66.1 cm³/mol. The topological polar surface area (TPSA) is 61.0 Å². The molecule has 17 heavy (non-hydrogen) atoms. The molecule has 0 unspecified atom stereocenters. The molecule has 3 rings (SSSR count). The Hall–Kier alpha value is -1.81. The minimum atomic E-state index is 0.285. The van der Waals surface area contributed by atoms with Crippen molar-refractivity contribution in [1.29, 1.82) is 0 Å². The van der Waals surface area contributed by atoms with E-state index in [2.05, 4.69) is 9.97 Å². The molecule has 0 fully saturated rings. The summed E-state index contributed by atoms with van der Waals surface area (Å²) in [5.41, 5.74) is 8.35. The summed E-state index contributed by atoms with van der Waals surface area (Å²) >= 11 is 6.12. The fourth-order valence-corrected chi connectivity index (χ4v) is 2.17. The third-order valence-corrected chi connectivity index (χ3v) is 3.16. The number of para-hydroxylation sites is 1. The van der Waals surface area contributed by atoms with Crippen LogP contribution in [0.1, 0.15) is 5.56 Å². The molecule has 0 aliphatic carbocycles. The van der Waals surface area contributed by atoms with Crippen molar-refractivity contribution in [2.45, 2.75) is 6.42 Å². The van der Waals surface area contributed by atoms with Crippen LogP contribution in [0.3, 0.4) is 0 Å². The van der Waals surface area contributed by atoms with Gasteiger partial charge >= 0.3 is 0 Å². The smallest absolute Gasteiger partial charge is 0.146 e. The first-order chi connectivity index (χ1) is 8.27. The molecule has 0 bridgehead atoms. The fraction of sp³-hybridized carbons (Fsp3) is 0.167. The van der Waals surface area contributed by atoms with Gasteiger partial charge in [-0.15, -0.1) is 0 Å². The van der Waals surface area contributed by atoms with Crippen LogP contribution in [0.25, 0.3) is 11.3 Å². The second kappa shape index (κ2) is 3.89. The van der Waals surface area contributed by atoms with E-state index in [4.69, 9.17) is 22.1 Å². The summed E-state index contributed by atoms with van der Waals surface area (Å²) in [6, 6.07) is 5.94. The molecule has 1 aliphatic heterocycles. The van der Waals surface area contributed by atoms with Gasteiger partial charge in [0, 0.05) is 12.0 Å². The predicted octanol–water partition coefficient (Wildman–Crippen LogP) is 2.31. The lowest BCUT2D eigenvalue weighted by Crippen LogP contribution is -1.97. The van der Waals surface area contributed by atoms with Crippen molar-refractivity contribution in [3.8, 4) is 17.0 Å². The normalized spacial score (nSPS) is 13.2. The second-order valence-corrected chi connectivity index (χ2v) is 4.19. The van der Waals surface area contributed by atoms with Crippen molar-refractivity contribution in [2.75, 3.05) is 12.3 Å². The lowest BCUT2D eigenvalue weighted by molar-refractivity contribution is 0.358. The summed E-state index contributed by atoms with van der Waals surface area (Å²) < 4.78 is 5.62. The van der Waals surface area contributed by atoms with Gasteiger partial charge in [0.05, 0.1) is 12.3 Å². The molecule has 2 N–H and O–H groups in total. The maximum Gasteiger partial charge on any atom is 0.146 e.